The summed E-state index contributed by atoms with van der Waals surface area (Å²) in [5.74, 6) is -0.404. The Labute approximate surface area is 105 Å². The van der Waals surface area contributed by atoms with Crippen LogP contribution in [-0.4, -0.2) is 28.1 Å². The molecule has 1 aromatic rings. The van der Waals surface area contributed by atoms with Gasteiger partial charge in [0.15, 0.2) is 0 Å². The lowest BCUT2D eigenvalue weighted by molar-refractivity contribution is 0.0934. The van der Waals surface area contributed by atoms with Crippen LogP contribution in [0.5, 0.6) is 5.75 Å². The Balaban J connectivity index is 2.71. The number of nitrogens with one attached hydrogen (secondary N) is 1. The fourth-order valence-electron chi connectivity index (χ4n) is 1.52. The maximum Gasteiger partial charge on any atom is 0.255 e. The third kappa shape index (κ3) is 3.65. The van der Waals surface area contributed by atoms with E-state index >= 15 is 0 Å². The minimum Gasteiger partial charge on any atom is -0.507 e. The van der Waals surface area contributed by atoms with Crippen molar-refractivity contribution >= 4 is 11.7 Å². The van der Waals surface area contributed by atoms with E-state index in [0.717, 1.165) is 0 Å². The molecular weight excluding hydrogens is 234 g/mol. The summed E-state index contributed by atoms with van der Waals surface area (Å²) in [5, 5.41) is 23.6. The molecule has 0 aliphatic carbocycles. The molecule has 0 bridgehead atoms. The predicted octanol–water partition coefficient (Wildman–Crippen LogP) is 1.04. The highest BCUT2D eigenvalue weighted by Gasteiger charge is 2.15. The molecule has 6 nitrogen and oxygen atoms in total. The summed E-state index contributed by atoms with van der Waals surface area (Å²) in [4.78, 5) is 11.9. The first-order chi connectivity index (χ1) is 8.58. The molecule has 0 saturated heterocycles. The second-order valence-electron chi connectivity index (χ2n) is 3.89. The van der Waals surface area contributed by atoms with E-state index in [2.05, 4.69) is 10.5 Å². The maximum absolute atomic E-state index is 11.9. The van der Waals surface area contributed by atoms with Crippen LogP contribution < -0.4 is 11.1 Å². The first-order valence-corrected chi connectivity index (χ1v) is 5.63. The number of amides is 1. The van der Waals surface area contributed by atoms with Crippen molar-refractivity contribution in [1.82, 2.24) is 5.32 Å². The summed E-state index contributed by atoms with van der Waals surface area (Å²) >= 11 is 0. The number of carbonyl (C=O) groups is 1. The second kappa shape index (κ2) is 6.48. The maximum atomic E-state index is 11.9. The Hall–Kier alpha value is -2.24. The molecule has 1 aromatic carbocycles. The lowest BCUT2D eigenvalue weighted by atomic mass is 10.1. The molecule has 0 fully saturated rings. The lowest BCUT2D eigenvalue weighted by Crippen LogP contribution is -2.37. The number of carbonyl (C=O) groups excluding carboxylic acids is 1. The number of benzene rings is 1. The van der Waals surface area contributed by atoms with Gasteiger partial charge in [-0.3, -0.25) is 4.79 Å². The molecular formula is C12H17N3O3. The molecule has 1 atom stereocenters. The third-order valence-electron chi connectivity index (χ3n) is 2.56. The lowest BCUT2D eigenvalue weighted by Gasteiger charge is -2.16. The summed E-state index contributed by atoms with van der Waals surface area (Å²) in [6.45, 7) is 1.88. The van der Waals surface area contributed by atoms with Crippen LogP contribution >= 0.6 is 0 Å². The van der Waals surface area contributed by atoms with Crippen LogP contribution in [0.2, 0.25) is 0 Å². The Morgan fingerprint density at radius 1 is 1.50 bits per heavy atom. The van der Waals surface area contributed by atoms with Crippen molar-refractivity contribution < 1.29 is 15.1 Å². The van der Waals surface area contributed by atoms with E-state index in [1.807, 2.05) is 6.92 Å². The zero-order valence-electron chi connectivity index (χ0n) is 10.1. The number of nitrogens with two attached hydrogens (primary N) is 1. The van der Waals surface area contributed by atoms with Gasteiger partial charge < -0.3 is 21.4 Å². The van der Waals surface area contributed by atoms with Crippen LogP contribution in [0, 0.1) is 0 Å². The number of phenols is 1. The van der Waals surface area contributed by atoms with Gasteiger partial charge in [-0.1, -0.05) is 24.2 Å². The Bertz CT molecular complexity index is 446. The van der Waals surface area contributed by atoms with Crippen molar-refractivity contribution in [2.24, 2.45) is 10.9 Å². The largest absolute Gasteiger partial charge is 0.507 e. The average Bonchev–Trinajstić information content (AvgIpc) is 2.38. The molecule has 0 aromatic heterocycles. The van der Waals surface area contributed by atoms with Gasteiger partial charge >= 0.3 is 0 Å². The van der Waals surface area contributed by atoms with E-state index in [0.29, 0.717) is 6.42 Å². The minimum absolute atomic E-state index is 0.0550. The molecule has 1 rings (SSSR count). The third-order valence-corrected chi connectivity index (χ3v) is 2.56. The van der Waals surface area contributed by atoms with Gasteiger partial charge in [0, 0.05) is 12.5 Å². The standard InChI is InChI=1S/C12H17N3O3/c1-2-8(7-11(13)15-18)14-12(17)9-5-3-4-6-10(9)16/h3-6,8,16,18H,2,7H2,1H3,(H2,13,15)(H,14,17). The molecule has 0 spiro atoms. The average molecular weight is 251 g/mol. The van der Waals surface area contributed by atoms with Crippen LogP contribution in [0.15, 0.2) is 29.4 Å². The van der Waals surface area contributed by atoms with E-state index in [4.69, 9.17) is 10.9 Å². The van der Waals surface area contributed by atoms with Gasteiger partial charge in [0.05, 0.1) is 5.56 Å². The van der Waals surface area contributed by atoms with E-state index < -0.39 is 0 Å². The highest BCUT2D eigenvalue weighted by Crippen LogP contribution is 2.15. The number of hydrogen-bond donors (Lipinski definition) is 4. The number of rotatable bonds is 5. The van der Waals surface area contributed by atoms with Crippen molar-refractivity contribution in [3.63, 3.8) is 0 Å². The first-order valence-electron chi connectivity index (χ1n) is 5.63. The van der Waals surface area contributed by atoms with E-state index in [-0.39, 0.29) is 35.5 Å². The Morgan fingerprint density at radius 2 is 2.17 bits per heavy atom. The van der Waals surface area contributed by atoms with Gasteiger partial charge in [0.25, 0.3) is 5.91 Å². The fraction of sp³-hybridized carbons (Fsp3) is 0.333. The monoisotopic (exact) mass is 251 g/mol. The molecule has 1 unspecified atom stereocenters. The number of nitrogens with zero attached hydrogens (tertiary/aromatic N) is 1. The molecule has 98 valence electrons. The van der Waals surface area contributed by atoms with Gasteiger partial charge in [0.1, 0.15) is 11.6 Å². The van der Waals surface area contributed by atoms with Gasteiger partial charge in [-0.25, -0.2) is 0 Å². The number of phenolic OH excluding ortho intramolecular Hbond substituents is 1. The highest BCUT2D eigenvalue weighted by atomic mass is 16.4. The summed E-state index contributed by atoms with van der Waals surface area (Å²) in [5.41, 5.74) is 5.60. The molecule has 0 radical (unpaired) electrons. The molecule has 0 heterocycles. The summed E-state index contributed by atoms with van der Waals surface area (Å²) in [6, 6.07) is 6.03. The van der Waals surface area contributed by atoms with E-state index in [1.165, 1.54) is 12.1 Å². The topological polar surface area (TPSA) is 108 Å². The first kappa shape index (κ1) is 13.8. The van der Waals surface area contributed by atoms with Crippen molar-refractivity contribution in [3.8, 4) is 5.75 Å². The van der Waals surface area contributed by atoms with Crippen molar-refractivity contribution in [3.05, 3.63) is 29.8 Å². The molecule has 0 aliphatic heterocycles. The van der Waals surface area contributed by atoms with Crippen molar-refractivity contribution in [1.29, 1.82) is 0 Å². The Kier molecular flexibility index (Phi) is 4.98. The van der Waals surface area contributed by atoms with E-state index in [1.54, 1.807) is 12.1 Å². The zero-order chi connectivity index (χ0) is 13.5. The molecule has 0 aliphatic rings. The molecule has 1 amide bonds. The number of para-hydroxylation sites is 1. The zero-order valence-corrected chi connectivity index (χ0v) is 10.1. The van der Waals surface area contributed by atoms with Crippen molar-refractivity contribution in [2.75, 3.05) is 0 Å². The summed E-state index contributed by atoms with van der Waals surface area (Å²) in [7, 11) is 0. The normalized spacial score (nSPS) is 13.1. The minimum atomic E-state index is -0.384. The molecule has 0 saturated carbocycles. The number of amidine groups is 1. The SMILES string of the molecule is CCC(CC(N)=NO)NC(=O)c1ccccc1O. The van der Waals surface area contributed by atoms with Gasteiger partial charge in [-0.15, -0.1) is 0 Å². The quantitative estimate of drug-likeness (QED) is 0.271. The fourth-order valence-corrected chi connectivity index (χ4v) is 1.52. The number of aromatic hydroxyl groups is 1. The molecule has 5 N–H and O–H groups in total. The number of hydrogen-bond acceptors (Lipinski definition) is 4. The molecule has 6 heteroatoms. The number of oxime groups is 1. The van der Waals surface area contributed by atoms with E-state index in [9.17, 15) is 9.90 Å². The van der Waals surface area contributed by atoms with Gasteiger partial charge in [-0.05, 0) is 18.6 Å². The van der Waals surface area contributed by atoms with Gasteiger partial charge in [-0.2, -0.15) is 0 Å². The van der Waals surface area contributed by atoms with Crippen LogP contribution in [0.1, 0.15) is 30.1 Å². The summed E-state index contributed by atoms with van der Waals surface area (Å²) < 4.78 is 0. The van der Waals surface area contributed by atoms with Crippen molar-refractivity contribution in [2.45, 2.75) is 25.8 Å². The van der Waals surface area contributed by atoms with Gasteiger partial charge in [0.2, 0.25) is 0 Å². The van der Waals surface area contributed by atoms with Crippen LogP contribution in [-0.2, 0) is 0 Å². The highest BCUT2D eigenvalue weighted by molar-refractivity contribution is 5.97. The summed E-state index contributed by atoms with van der Waals surface area (Å²) in [6.07, 6.45) is 0.891. The van der Waals surface area contributed by atoms with Crippen LogP contribution in [0.3, 0.4) is 0 Å². The second-order valence-corrected chi connectivity index (χ2v) is 3.89. The smallest absolute Gasteiger partial charge is 0.255 e. The van der Waals surface area contributed by atoms with Crippen LogP contribution in [0.25, 0.3) is 0 Å². The molecule has 18 heavy (non-hydrogen) atoms. The van der Waals surface area contributed by atoms with Crippen LogP contribution in [0.4, 0.5) is 0 Å². The predicted molar refractivity (Wildman–Crippen MR) is 67.7 cm³/mol. The Morgan fingerprint density at radius 3 is 2.72 bits per heavy atom.